The van der Waals surface area contributed by atoms with Gasteiger partial charge in [0.05, 0.1) is 5.39 Å². The van der Waals surface area contributed by atoms with Crippen molar-refractivity contribution < 1.29 is 14.6 Å². The van der Waals surface area contributed by atoms with Crippen LogP contribution in [-0.4, -0.2) is 21.0 Å². The van der Waals surface area contributed by atoms with Crippen LogP contribution in [0.3, 0.4) is 0 Å². The Hall–Kier alpha value is -2.47. The van der Waals surface area contributed by atoms with E-state index in [1.807, 2.05) is 19.9 Å². The van der Waals surface area contributed by atoms with E-state index in [1.54, 1.807) is 23.5 Å². The molecule has 0 aliphatic rings. The maximum Gasteiger partial charge on any atom is 0.339 e. The van der Waals surface area contributed by atoms with E-state index in [0.29, 0.717) is 5.88 Å². The molecule has 0 unspecified atom stereocenters. The number of hydrogen-bond acceptors (Lipinski definition) is 5. The highest BCUT2D eigenvalue weighted by atomic mass is 32.1. The summed E-state index contributed by atoms with van der Waals surface area (Å²) >= 11 is 1.54. The summed E-state index contributed by atoms with van der Waals surface area (Å²) < 4.78 is 5.75. The smallest absolute Gasteiger partial charge is 0.339 e. The number of aryl methyl sites for hydroxylation is 2. The highest BCUT2D eigenvalue weighted by molar-refractivity contribution is 7.18. The fourth-order valence-electron chi connectivity index (χ4n) is 2.03. The maximum absolute atomic E-state index is 11.3. The van der Waals surface area contributed by atoms with Gasteiger partial charge in [0.25, 0.3) is 0 Å². The second-order valence-electron chi connectivity index (χ2n) is 4.66. The van der Waals surface area contributed by atoms with Crippen LogP contribution in [0.1, 0.15) is 20.8 Å². The molecular formula is C15H12N2O3S. The number of benzene rings is 1. The molecule has 2 heterocycles. The third-order valence-electron chi connectivity index (χ3n) is 2.99. The van der Waals surface area contributed by atoms with E-state index in [2.05, 4.69) is 9.97 Å². The predicted molar refractivity (Wildman–Crippen MR) is 80.4 cm³/mol. The highest BCUT2D eigenvalue weighted by Crippen LogP contribution is 2.33. The lowest BCUT2D eigenvalue weighted by atomic mass is 10.1. The first-order valence-electron chi connectivity index (χ1n) is 6.27. The van der Waals surface area contributed by atoms with Crippen LogP contribution in [0, 0.1) is 13.8 Å². The molecule has 1 aromatic carbocycles. The molecular weight excluding hydrogens is 288 g/mol. The molecule has 3 aromatic rings. The molecule has 0 fully saturated rings. The van der Waals surface area contributed by atoms with Gasteiger partial charge in [-0.2, -0.15) is 0 Å². The van der Waals surface area contributed by atoms with E-state index in [1.165, 1.54) is 12.4 Å². The minimum Gasteiger partial charge on any atom is -0.478 e. The van der Waals surface area contributed by atoms with Gasteiger partial charge in [-0.1, -0.05) is 6.07 Å². The first-order valence-corrected chi connectivity index (χ1v) is 7.09. The van der Waals surface area contributed by atoms with E-state index < -0.39 is 5.97 Å². The monoisotopic (exact) mass is 300 g/mol. The molecule has 21 heavy (non-hydrogen) atoms. The average Bonchev–Trinajstić information content (AvgIpc) is 2.80. The highest BCUT2D eigenvalue weighted by Gasteiger charge is 2.15. The number of ether oxygens (including phenoxy) is 1. The fourth-order valence-corrected chi connectivity index (χ4v) is 2.87. The van der Waals surface area contributed by atoms with Crippen molar-refractivity contribution in [3.63, 3.8) is 0 Å². The Balaban J connectivity index is 2.10. The molecule has 0 bridgehead atoms. The van der Waals surface area contributed by atoms with E-state index in [4.69, 9.17) is 4.74 Å². The summed E-state index contributed by atoms with van der Waals surface area (Å²) in [4.78, 5) is 21.5. The lowest BCUT2D eigenvalue weighted by Gasteiger charge is -2.09. The minimum atomic E-state index is -1.03. The summed E-state index contributed by atoms with van der Waals surface area (Å²) in [6.07, 6.45) is 1.42. The number of fused-ring (bicyclic) bond motifs is 1. The zero-order chi connectivity index (χ0) is 15.0. The standard InChI is InChI=1S/C15H12N2O3S/c1-8-3-4-10(15(18)19)12(5-8)20-13-11-6-9(2)21-14(11)17-7-16-13/h3-7H,1-2H3,(H,18,19). The van der Waals surface area contributed by atoms with Crippen molar-refractivity contribution in [1.82, 2.24) is 9.97 Å². The maximum atomic E-state index is 11.3. The molecule has 2 aromatic heterocycles. The van der Waals surface area contributed by atoms with Crippen molar-refractivity contribution in [1.29, 1.82) is 0 Å². The molecule has 106 valence electrons. The van der Waals surface area contributed by atoms with Crippen LogP contribution in [0.2, 0.25) is 0 Å². The molecule has 0 saturated heterocycles. The van der Waals surface area contributed by atoms with Crippen LogP contribution in [0.5, 0.6) is 11.6 Å². The second kappa shape index (κ2) is 5.14. The first-order chi connectivity index (χ1) is 10.0. The lowest BCUT2D eigenvalue weighted by molar-refractivity contribution is 0.0694. The van der Waals surface area contributed by atoms with Crippen LogP contribution in [0.4, 0.5) is 0 Å². The molecule has 0 radical (unpaired) electrons. The topological polar surface area (TPSA) is 72.3 Å². The summed E-state index contributed by atoms with van der Waals surface area (Å²) in [6.45, 7) is 3.86. The Morgan fingerprint density at radius 1 is 1.24 bits per heavy atom. The van der Waals surface area contributed by atoms with Gasteiger partial charge < -0.3 is 9.84 Å². The van der Waals surface area contributed by atoms with Crippen molar-refractivity contribution >= 4 is 27.5 Å². The van der Waals surface area contributed by atoms with Crippen molar-refractivity contribution in [2.75, 3.05) is 0 Å². The Kier molecular flexibility index (Phi) is 3.31. The summed E-state index contributed by atoms with van der Waals surface area (Å²) in [7, 11) is 0. The van der Waals surface area contributed by atoms with Gasteiger partial charge in [-0.25, -0.2) is 14.8 Å². The van der Waals surface area contributed by atoms with E-state index in [-0.39, 0.29) is 11.3 Å². The van der Waals surface area contributed by atoms with Crippen molar-refractivity contribution in [3.05, 3.63) is 46.6 Å². The Labute approximate surface area is 124 Å². The number of rotatable bonds is 3. The van der Waals surface area contributed by atoms with Gasteiger partial charge >= 0.3 is 5.97 Å². The van der Waals surface area contributed by atoms with Gasteiger partial charge in [0, 0.05) is 4.88 Å². The number of nitrogens with zero attached hydrogens (tertiary/aromatic N) is 2. The average molecular weight is 300 g/mol. The van der Waals surface area contributed by atoms with Gasteiger partial charge in [0.2, 0.25) is 5.88 Å². The largest absolute Gasteiger partial charge is 0.478 e. The first kappa shape index (κ1) is 13.5. The number of hydrogen-bond donors (Lipinski definition) is 1. The normalized spacial score (nSPS) is 10.8. The van der Waals surface area contributed by atoms with Crippen molar-refractivity contribution in [3.8, 4) is 11.6 Å². The number of thiophene rings is 1. The Bertz CT molecular complexity index is 842. The number of aromatic carboxylic acids is 1. The van der Waals surface area contributed by atoms with E-state index in [9.17, 15) is 9.90 Å². The lowest BCUT2D eigenvalue weighted by Crippen LogP contribution is -2.01. The Morgan fingerprint density at radius 3 is 2.81 bits per heavy atom. The van der Waals surface area contributed by atoms with Crippen LogP contribution < -0.4 is 4.74 Å². The molecule has 0 amide bonds. The molecule has 0 spiro atoms. The van der Waals surface area contributed by atoms with Crippen LogP contribution >= 0.6 is 11.3 Å². The molecule has 0 saturated carbocycles. The van der Waals surface area contributed by atoms with E-state index in [0.717, 1.165) is 20.7 Å². The number of carboxylic acid groups (broad SMARTS) is 1. The number of aromatic nitrogens is 2. The third-order valence-corrected chi connectivity index (χ3v) is 3.95. The third kappa shape index (κ3) is 2.57. The van der Waals surface area contributed by atoms with Gasteiger partial charge in [-0.3, -0.25) is 0 Å². The molecule has 5 nitrogen and oxygen atoms in total. The molecule has 0 atom stereocenters. The summed E-state index contributed by atoms with van der Waals surface area (Å²) in [5.41, 5.74) is 1.03. The molecule has 0 aliphatic carbocycles. The van der Waals surface area contributed by atoms with Crippen LogP contribution in [0.25, 0.3) is 10.2 Å². The van der Waals surface area contributed by atoms with E-state index >= 15 is 0 Å². The summed E-state index contributed by atoms with van der Waals surface area (Å²) in [6, 6.07) is 6.90. The Morgan fingerprint density at radius 2 is 2.05 bits per heavy atom. The zero-order valence-electron chi connectivity index (χ0n) is 11.5. The minimum absolute atomic E-state index is 0.110. The molecule has 0 aliphatic heterocycles. The van der Waals surface area contributed by atoms with Gasteiger partial charge in [0.1, 0.15) is 22.5 Å². The molecule has 3 rings (SSSR count). The molecule has 1 N–H and O–H groups in total. The van der Waals surface area contributed by atoms with Gasteiger partial charge in [0.15, 0.2) is 0 Å². The van der Waals surface area contributed by atoms with Crippen LogP contribution in [-0.2, 0) is 0 Å². The summed E-state index contributed by atoms with van der Waals surface area (Å²) in [5, 5.41) is 10.0. The second-order valence-corrected chi connectivity index (χ2v) is 5.90. The summed E-state index contributed by atoms with van der Waals surface area (Å²) in [5.74, 6) is -0.374. The fraction of sp³-hybridized carbons (Fsp3) is 0.133. The van der Waals surface area contributed by atoms with Crippen LogP contribution in [0.15, 0.2) is 30.6 Å². The van der Waals surface area contributed by atoms with Gasteiger partial charge in [-0.05, 0) is 37.6 Å². The van der Waals surface area contributed by atoms with Crippen molar-refractivity contribution in [2.45, 2.75) is 13.8 Å². The van der Waals surface area contributed by atoms with Crippen molar-refractivity contribution in [2.24, 2.45) is 0 Å². The van der Waals surface area contributed by atoms with Gasteiger partial charge in [-0.15, -0.1) is 11.3 Å². The quantitative estimate of drug-likeness (QED) is 0.796. The number of carbonyl (C=O) groups is 1. The molecule has 6 heteroatoms. The predicted octanol–water partition coefficient (Wildman–Crippen LogP) is 3.80. The SMILES string of the molecule is Cc1ccc(C(=O)O)c(Oc2ncnc3sc(C)cc23)c1. The zero-order valence-corrected chi connectivity index (χ0v) is 12.3. The number of carboxylic acids is 1.